The second-order valence-corrected chi connectivity index (χ2v) is 8.59. The zero-order chi connectivity index (χ0) is 21.1. The van der Waals surface area contributed by atoms with Crippen LogP contribution in [0.15, 0.2) is 36.9 Å². The summed E-state index contributed by atoms with van der Waals surface area (Å²) in [6.07, 6.45) is 6.03. The van der Waals surface area contributed by atoms with Crippen LogP contribution in [0.25, 0.3) is 0 Å². The van der Waals surface area contributed by atoms with Crippen molar-refractivity contribution in [1.29, 1.82) is 0 Å². The van der Waals surface area contributed by atoms with Crippen molar-refractivity contribution in [2.75, 3.05) is 66.0 Å². The third-order valence-corrected chi connectivity index (χ3v) is 6.09. The number of nitrogens with one attached hydrogen (secondary N) is 2. The maximum absolute atomic E-state index is 9.09. The van der Waals surface area contributed by atoms with Gasteiger partial charge in [-0.15, -0.1) is 0 Å². The number of hydrogen-bond donors (Lipinski definition) is 3. The Morgan fingerprint density at radius 1 is 0.931 bits per heavy atom. The van der Waals surface area contributed by atoms with Gasteiger partial charge in [0.05, 0.1) is 5.76 Å². The van der Waals surface area contributed by atoms with Crippen molar-refractivity contribution in [1.82, 2.24) is 25.3 Å². The first-order valence-electron chi connectivity index (χ1n) is 11.3. The van der Waals surface area contributed by atoms with E-state index in [4.69, 9.17) is 5.11 Å². The molecule has 2 rings (SSSR count). The van der Waals surface area contributed by atoms with Crippen molar-refractivity contribution < 1.29 is 5.11 Å². The molecule has 0 bridgehead atoms. The van der Waals surface area contributed by atoms with Crippen molar-refractivity contribution in [2.45, 2.75) is 44.6 Å². The normalized spacial score (nSPS) is 21.2. The molecule has 0 saturated carbocycles. The summed E-state index contributed by atoms with van der Waals surface area (Å²) in [5, 5.41) is 16.0. The van der Waals surface area contributed by atoms with Crippen LogP contribution in [-0.4, -0.2) is 91.8 Å². The standard InChI is InChI=1S/C23H43N5O/c1-20(24-11-6-9-21(2)29)8-5-12-25-22(3)23-10-7-13-28(23)19-18-27-16-14-26(4)15-17-27/h23-25,29H,1-3,5-19H2,4H3. The van der Waals surface area contributed by atoms with Crippen LogP contribution in [0.2, 0.25) is 0 Å². The van der Waals surface area contributed by atoms with Crippen LogP contribution in [0.1, 0.15) is 38.5 Å². The maximum Gasteiger partial charge on any atom is 0.0851 e. The average Bonchev–Trinajstić information content (AvgIpc) is 3.16. The summed E-state index contributed by atoms with van der Waals surface area (Å²) in [6, 6.07) is 0.482. The van der Waals surface area contributed by atoms with Crippen LogP contribution in [0.4, 0.5) is 0 Å². The number of likely N-dealkylation sites (N-methyl/N-ethyl adjacent to an activating group) is 1. The van der Waals surface area contributed by atoms with Gasteiger partial charge in [-0.3, -0.25) is 9.80 Å². The molecule has 6 heteroatoms. The van der Waals surface area contributed by atoms with Gasteiger partial charge in [-0.05, 0) is 45.7 Å². The van der Waals surface area contributed by atoms with Gasteiger partial charge in [0.1, 0.15) is 0 Å². The first kappa shape index (κ1) is 23.8. The van der Waals surface area contributed by atoms with E-state index in [1.54, 1.807) is 0 Å². The van der Waals surface area contributed by atoms with Gasteiger partial charge >= 0.3 is 0 Å². The van der Waals surface area contributed by atoms with E-state index in [1.165, 1.54) is 57.8 Å². The molecular weight excluding hydrogens is 362 g/mol. The number of aliphatic hydroxyl groups is 1. The van der Waals surface area contributed by atoms with E-state index < -0.39 is 0 Å². The van der Waals surface area contributed by atoms with Gasteiger partial charge in [0, 0.05) is 76.2 Å². The first-order valence-corrected chi connectivity index (χ1v) is 11.3. The molecule has 2 aliphatic rings. The molecule has 0 radical (unpaired) electrons. The Bertz CT molecular complexity index is 527. The van der Waals surface area contributed by atoms with Gasteiger partial charge in [0.25, 0.3) is 0 Å². The predicted octanol–water partition coefficient (Wildman–Crippen LogP) is 2.54. The molecule has 1 unspecified atom stereocenters. The van der Waals surface area contributed by atoms with E-state index in [0.717, 1.165) is 44.6 Å². The predicted molar refractivity (Wildman–Crippen MR) is 123 cm³/mol. The van der Waals surface area contributed by atoms with E-state index in [1.807, 2.05) is 0 Å². The molecule has 0 aliphatic carbocycles. The highest BCUT2D eigenvalue weighted by atomic mass is 16.3. The Morgan fingerprint density at radius 2 is 1.62 bits per heavy atom. The molecule has 166 valence electrons. The number of hydrogen-bond acceptors (Lipinski definition) is 6. The van der Waals surface area contributed by atoms with E-state index in [-0.39, 0.29) is 5.76 Å². The highest BCUT2D eigenvalue weighted by molar-refractivity contribution is 5.07. The minimum Gasteiger partial charge on any atom is -0.513 e. The van der Waals surface area contributed by atoms with E-state index in [9.17, 15) is 0 Å². The van der Waals surface area contributed by atoms with Crippen LogP contribution < -0.4 is 10.6 Å². The van der Waals surface area contributed by atoms with Crippen LogP contribution in [-0.2, 0) is 0 Å². The highest BCUT2D eigenvalue weighted by Crippen LogP contribution is 2.21. The fourth-order valence-corrected chi connectivity index (χ4v) is 4.14. The van der Waals surface area contributed by atoms with Gasteiger partial charge < -0.3 is 20.6 Å². The summed E-state index contributed by atoms with van der Waals surface area (Å²) in [6.45, 7) is 22.0. The molecule has 2 heterocycles. The van der Waals surface area contributed by atoms with Gasteiger partial charge in [-0.25, -0.2) is 0 Å². The average molecular weight is 406 g/mol. The van der Waals surface area contributed by atoms with Crippen LogP contribution in [0.5, 0.6) is 0 Å². The summed E-state index contributed by atoms with van der Waals surface area (Å²) >= 11 is 0. The molecule has 0 amide bonds. The van der Waals surface area contributed by atoms with Crippen LogP contribution >= 0.6 is 0 Å². The fraction of sp³-hybridized carbons (Fsp3) is 0.739. The van der Waals surface area contributed by atoms with E-state index in [0.29, 0.717) is 12.5 Å². The zero-order valence-corrected chi connectivity index (χ0v) is 18.6. The Balaban J connectivity index is 1.56. The first-order chi connectivity index (χ1) is 14.0. The van der Waals surface area contributed by atoms with Gasteiger partial charge in [-0.1, -0.05) is 19.7 Å². The summed E-state index contributed by atoms with van der Waals surface area (Å²) in [5.41, 5.74) is 2.25. The molecule has 3 N–H and O–H groups in total. The van der Waals surface area contributed by atoms with Crippen molar-refractivity contribution in [3.63, 3.8) is 0 Å². The summed E-state index contributed by atoms with van der Waals surface area (Å²) in [5.74, 6) is 0.254. The van der Waals surface area contributed by atoms with Crippen LogP contribution in [0.3, 0.4) is 0 Å². The van der Waals surface area contributed by atoms with E-state index >= 15 is 0 Å². The fourth-order valence-electron chi connectivity index (χ4n) is 4.14. The molecule has 2 fully saturated rings. The number of nitrogens with zero attached hydrogens (tertiary/aromatic N) is 3. The smallest absolute Gasteiger partial charge is 0.0851 e. The maximum atomic E-state index is 9.09. The Morgan fingerprint density at radius 3 is 2.34 bits per heavy atom. The molecule has 1 atom stereocenters. The summed E-state index contributed by atoms with van der Waals surface area (Å²) < 4.78 is 0. The lowest BCUT2D eigenvalue weighted by Crippen LogP contribution is -2.48. The van der Waals surface area contributed by atoms with Gasteiger partial charge in [0.2, 0.25) is 0 Å². The topological polar surface area (TPSA) is 54.0 Å². The Kier molecular flexibility index (Phi) is 10.6. The second-order valence-electron chi connectivity index (χ2n) is 8.59. The molecule has 2 aliphatic heterocycles. The largest absolute Gasteiger partial charge is 0.513 e. The lowest BCUT2D eigenvalue weighted by atomic mass is 10.1. The van der Waals surface area contributed by atoms with Gasteiger partial charge in [-0.2, -0.15) is 0 Å². The number of aliphatic hydroxyl groups excluding tert-OH is 1. The molecule has 6 nitrogen and oxygen atoms in total. The van der Waals surface area contributed by atoms with E-state index in [2.05, 4.69) is 52.1 Å². The molecular formula is C23H43N5O. The second kappa shape index (κ2) is 12.9. The molecule has 29 heavy (non-hydrogen) atoms. The summed E-state index contributed by atoms with van der Waals surface area (Å²) in [4.78, 5) is 7.63. The Hall–Kier alpha value is -1.50. The summed E-state index contributed by atoms with van der Waals surface area (Å²) in [7, 11) is 2.21. The molecule has 0 spiro atoms. The number of piperazine rings is 1. The Labute approximate surface area is 178 Å². The minimum absolute atomic E-state index is 0.254. The van der Waals surface area contributed by atoms with Crippen molar-refractivity contribution in [3.05, 3.63) is 36.9 Å². The monoisotopic (exact) mass is 405 g/mol. The third-order valence-electron chi connectivity index (χ3n) is 6.09. The third kappa shape index (κ3) is 9.24. The minimum atomic E-state index is 0.254. The number of likely N-dealkylation sites (tertiary alicyclic amines) is 1. The number of allylic oxidation sites excluding steroid dienone is 2. The number of rotatable bonds is 14. The van der Waals surface area contributed by atoms with Crippen molar-refractivity contribution >= 4 is 0 Å². The lowest BCUT2D eigenvalue weighted by Gasteiger charge is -2.34. The molecule has 0 aromatic rings. The molecule has 0 aromatic carbocycles. The zero-order valence-electron chi connectivity index (χ0n) is 18.6. The molecule has 2 saturated heterocycles. The van der Waals surface area contributed by atoms with Crippen molar-refractivity contribution in [3.8, 4) is 0 Å². The van der Waals surface area contributed by atoms with Crippen LogP contribution in [0, 0.1) is 0 Å². The van der Waals surface area contributed by atoms with Crippen molar-refractivity contribution in [2.24, 2.45) is 0 Å². The molecule has 0 aromatic heterocycles. The SMILES string of the molecule is C=C(O)CCCNC(=C)CCCNC(=C)C1CCCN1CCN1CCN(C)CC1. The highest BCUT2D eigenvalue weighted by Gasteiger charge is 2.27. The lowest BCUT2D eigenvalue weighted by molar-refractivity contribution is 0.134. The quantitative estimate of drug-likeness (QED) is 0.305. The van der Waals surface area contributed by atoms with Gasteiger partial charge in [0.15, 0.2) is 0 Å².